The van der Waals surface area contributed by atoms with E-state index in [1.165, 1.54) is 25.7 Å². The van der Waals surface area contributed by atoms with E-state index in [4.69, 9.17) is 39.6 Å². The summed E-state index contributed by atoms with van der Waals surface area (Å²) in [7, 11) is 0. The summed E-state index contributed by atoms with van der Waals surface area (Å²) in [5.74, 6) is -7.30. The van der Waals surface area contributed by atoms with E-state index < -0.39 is 23.9 Å². The van der Waals surface area contributed by atoms with Crippen molar-refractivity contribution < 1.29 is 39.6 Å². The molecule has 0 atom stereocenters. The molecule has 0 aromatic rings. The second-order valence-electron chi connectivity index (χ2n) is 3.22. The van der Waals surface area contributed by atoms with E-state index in [0.717, 1.165) is 0 Å². The summed E-state index contributed by atoms with van der Waals surface area (Å²) in [6, 6.07) is 0. The van der Waals surface area contributed by atoms with Crippen LogP contribution in [0.15, 0.2) is 0 Å². The maximum atomic E-state index is 9.10. The van der Waals surface area contributed by atoms with Gasteiger partial charge in [-0.05, 0) is 0 Å². The third kappa shape index (κ3) is 56.6. The van der Waals surface area contributed by atoms with Crippen LogP contribution in [0.3, 0.4) is 0 Å². The highest BCUT2D eigenvalue weighted by atomic mass is 16.4. The molecule has 0 aliphatic carbocycles. The number of carboxylic acids is 4. The van der Waals surface area contributed by atoms with E-state index in [1.807, 2.05) is 0 Å². The van der Waals surface area contributed by atoms with Crippen molar-refractivity contribution in [3.05, 3.63) is 0 Å². The van der Waals surface area contributed by atoms with Crippen molar-refractivity contribution in [2.45, 2.75) is 53.4 Å². The van der Waals surface area contributed by atoms with Gasteiger partial charge in [0, 0.05) is 0 Å². The first kappa shape index (κ1) is 26.4. The fourth-order valence-electron chi connectivity index (χ4n) is 0. The zero-order valence-electron chi connectivity index (χ0n) is 12.3. The van der Waals surface area contributed by atoms with Crippen LogP contribution in [0.2, 0.25) is 0 Å². The van der Waals surface area contributed by atoms with Gasteiger partial charge in [0.1, 0.15) is 0 Å². The highest BCUT2D eigenvalue weighted by molar-refractivity contribution is 6.27. The number of unbranched alkanes of at least 4 members (excludes halogenated alkanes) is 2. The first-order chi connectivity index (χ1) is 9.11. The third-order valence-corrected chi connectivity index (χ3v) is 1.37. The molecule has 0 aromatic carbocycles. The van der Waals surface area contributed by atoms with Gasteiger partial charge in [0.25, 0.3) is 0 Å². The predicted molar refractivity (Wildman–Crippen MR) is 71.7 cm³/mol. The molecule has 0 heterocycles. The predicted octanol–water partition coefficient (Wildman–Crippen LogP) is 1.92. The zero-order chi connectivity index (χ0) is 17.1. The van der Waals surface area contributed by atoms with Gasteiger partial charge in [-0.2, -0.15) is 0 Å². The van der Waals surface area contributed by atoms with Gasteiger partial charge < -0.3 is 20.4 Å². The van der Waals surface area contributed by atoms with E-state index in [0.29, 0.717) is 0 Å². The van der Waals surface area contributed by atoms with Crippen molar-refractivity contribution in [3.63, 3.8) is 0 Å². The molecule has 0 aromatic heterocycles. The molecule has 8 heteroatoms. The minimum Gasteiger partial charge on any atom is -0.473 e. The normalized spacial score (nSPS) is 7.40. The van der Waals surface area contributed by atoms with Crippen LogP contribution < -0.4 is 0 Å². The van der Waals surface area contributed by atoms with Crippen molar-refractivity contribution in [1.82, 2.24) is 0 Å². The van der Waals surface area contributed by atoms with E-state index in [-0.39, 0.29) is 0 Å². The Labute approximate surface area is 118 Å². The summed E-state index contributed by atoms with van der Waals surface area (Å²) in [5.41, 5.74) is 0. The smallest absolute Gasteiger partial charge is 0.414 e. The summed E-state index contributed by atoms with van der Waals surface area (Å²) in [5, 5.41) is 29.6. The number of rotatable bonds is 2. The topological polar surface area (TPSA) is 149 Å². The third-order valence-electron chi connectivity index (χ3n) is 1.37. The van der Waals surface area contributed by atoms with Crippen molar-refractivity contribution >= 4 is 23.9 Å². The number of carboxylic acid groups (broad SMARTS) is 4. The molecule has 0 aliphatic rings. The molecule has 0 saturated carbocycles. The molecule has 0 saturated heterocycles. The van der Waals surface area contributed by atoms with Crippen LogP contribution in [-0.4, -0.2) is 44.3 Å². The van der Waals surface area contributed by atoms with E-state index in [2.05, 4.69) is 27.7 Å². The summed E-state index contributed by atoms with van der Waals surface area (Å²) < 4.78 is 0. The fraction of sp³-hybridized carbons (Fsp3) is 0.667. The highest BCUT2D eigenvalue weighted by Crippen LogP contribution is 1.77. The molecular weight excluding hydrogens is 272 g/mol. The largest absolute Gasteiger partial charge is 0.473 e. The Kier molecular flexibility index (Phi) is 29.2. The van der Waals surface area contributed by atoms with Gasteiger partial charge in [-0.3, -0.25) is 0 Å². The van der Waals surface area contributed by atoms with Crippen LogP contribution in [0.1, 0.15) is 53.4 Å². The van der Waals surface area contributed by atoms with Crippen molar-refractivity contribution in [3.8, 4) is 0 Å². The molecule has 0 rings (SSSR count). The molecule has 120 valence electrons. The molecule has 0 bridgehead atoms. The Morgan fingerprint density at radius 3 is 0.600 bits per heavy atom. The Bertz CT molecular complexity index is 217. The number of hydrogen-bond donors (Lipinski definition) is 4. The number of carbonyl (C=O) groups is 4. The van der Waals surface area contributed by atoms with Gasteiger partial charge in [0.15, 0.2) is 0 Å². The van der Waals surface area contributed by atoms with Gasteiger partial charge in [-0.25, -0.2) is 19.2 Å². The van der Waals surface area contributed by atoms with E-state index in [1.54, 1.807) is 0 Å². The molecule has 0 amide bonds. The Morgan fingerprint density at radius 1 is 0.500 bits per heavy atom. The lowest BCUT2D eigenvalue weighted by Crippen LogP contribution is -2.09. The average Bonchev–Trinajstić information content (AvgIpc) is 2.39. The molecule has 8 nitrogen and oxygen atoms in total. The molecule has 0 unspecified atom stereocenters. The second kappa shape index (κ2) is 22.1. The van der Waals surface area contributed by atoms with Gasteiger partial charge in [-0.1, -0.05) is 53.4 Å². The summed E-state index contributed by atoms with van der Waals surface area (Å²) in [6.07, 6.45) is 5.28. The number of aliphatic carboxylic acids is 4. The van der Waals surface area contributed by atoms with Gasteiger partial charge in [0.2, 0.25) is 0 Å². The fourth-order valence-corrected chi connectivity index (χ4v) is 0. The lowest BCUT2D eigenvalue weighted by Gasteiger charge is -1.72. The Hall–Kier alpha value is -2.12. The van der Waals surface area contributed by atoms with Crippen LogP contribution in [0, 0.1) is 0 Å². The minimum atomic E-state index is -1.82. The van der Waals surface area contributed by atoms with Crippen LogP contribution in [-0.2, 0) is 19.2 Å². The molecule has 4 N–H and O–H groups in total. The van der Waals surface area contributed by atoms with Crippen molar-refractivity contribution in [2.24, 2.45) is 0 Å². The van der Waals surface area contributed by atoms with Crippen LogP contribution in [0.4, 0.5) is 0 Å². The minimum absolute atomic E-state index is 1.32. The van der Waals surface area contributed by atoms with Gasteiger partial charge in [-0.15, -0.1) is 0 Å². The summed E-state index contributed by atoms with van der Waals surface area (Å²) in [6.45, 7) is 8.72. The van der Waals surface area contributed by atoms with Gasteiger partial charge >= 0.3 is 23.9 Å². The molecule has 0 radical (unpaired) electrons. The van der Waals surface area contributed by atoms with Gasteiger partial charge in [0.05, 0.1) is 0 Å². The first-order valence-electron chi connectivity index (χ1n) is 6.04. The lowest BCUT2D eigenvalue weighted by molar-refractivity contribution is -0.159. The molecule has 0 fully saturated rings. The van der Waals surface area contributed by atoms with E-state index >= 15 is 0 Å². The summed E-state index contributed by atoms with van der Waals surface area (Å²) >= 11 is 0. The summed E-state index contributed by atoms with van der Waals surface area (Å²) in [4.78, 5) is 36.4. The Balaban J connectivity index is -0.0000000871. The molecular formula is C12H24O8. The van der Waals surface area contributed by atoms with Crippen LogP contribution >= 0.6 is 0 Å². The molecule has 20 heavy (non-hydrogen) atoms. The standard InChI is InChI=1S/2C4H10.2C2H2O4/c2*1-3-4-2;2*3-1(4)2(5)6/h2*3-4H2,1-2H3;2*(H,3,4)(H,5,6). The quantitative estimate of drug-likeness (QED) is 0.564. The van der Waals surface area contributed by atoms with Crippen molar-refractivity contribution in [2.75, 3.05) is 0 Å². The van der Waals surface area contributed by atoms with Crippen LogP contribution in [0.5, 0.6) is 0 Å². The maximum absolute atomic E-state index is 9.10. The number of hydrogen-bond acceptors (Lipinski definition) is 4. The molecule has 0 aliphatic heterocycles. The monoisotopic (exact) mass is 296 g/mol. The average molecular weight is 296 g/mol. The Morgan fingerprint density at radius 2 is 0.600 bits per heavy atom. The SMILES string of the molecule is CCCC.CCCC.O=C(O)C(=O)O.O=C(O)C(=O)O. The highest BCUT2D eigenvalue weighted by Gasteiger charge is 2.04. The van der Waals surface area contributed by atoms with E-state index in [9.17, 15) is 0 Å². The van der Waals surface area contributed by atoms with Crippen LogP contribution in [0.25, 0.3) is 0 Å². The van der Waals surface area contributed by atoms with Crippen molar-refractivity contribution in [1.29, 1.82) is 0 Å². The second-order valence-corrected chi connectivity index (χ2v) is 3.22. The molecule has 0 spiro atoms. The maximum Gasteiger partial charge on any atom is 0.414 e. The first-order valence-corrected chi connectivity index (χ1v) is 6.04. The lowest BCUT2D eigenvalue weighted by atomic mass is 10.4. The zero-order valence-corrected chi connectivity index (χ0v) is 12.3.